The summed E-state index contributed by atoms with van der Waals surface area (Å²) in [6.45, 7) is 9.97. The van der Waals surface area contributed by atoms with E-state index in [1.54, 1.807) is 0 Å². The van der Waals surface area contributed by atoms with Crippen LogP contribution in [0.15, 0.2) is 12.2 Å². The first-order valence-electron chi connectivity index (χ1n) is 23.7. The minimum absolute atomic E-state index is 0.0677. The largest absolute Gasteiger partial charge is 0.480 e. The SMILES string of the molecule is CCCCCCCCC=CCCCCCCCC(=O)NCCCCC(NC(=O)CC[C@@H](C)C1CC[C@H]2[C@@H]3[C@H](O)C[C@@H]4C[C@H](O)CC[C@]4(C)[C@H]3CC[C@]12C)C(=O)O. The van der Waals surface area contributed by atoms with E-state index in [1.807, 2.05) is 0 Å². The van der Waals surface area contributed by atoms with E-state index in [4.69, 9.17) is 0 Å². The van der Waals surface area contributed by atoms with Gasteiger partial charge in [0.25, 0.3) is 0 Å². The number of hydrogen-bond acceptors (Lipinski definition) is 5. The van der Waals surface area contributed by atoms with Crippen LogP contribution in [0.2, 0.25) is 0 Å². The van der Waals surface area contributed by atoms with Crippen molar-refractivity contribution in [3.05, 3.63) is 12.2 Å². The molecule has 0 heterocycles. The van der Waals surface area contributed by atoms with Crippen LogP contribution >= 0.6 is 0 Å². The molecule has 5 N–H and O–H groups in total. The molecule has 4 aliphatic carbocycles. The summed E-state index contributed by atoms with van der Waals surface area (Å²) in [5, 5.41) is 37.6. The molecule has 11 atom stereocenters. The number of hydrogen-bond donors (Lipinski definition) is 5. The third kappa shape index (κ3) is 13.3. The lowest BCUT2D eigenvalue weighted by atomic mass is 9.43. The van der Waals surface area contributed by atoms with Crippen molar-refractivity contribution in [3.8, 4) is 0 Å². The molecule has 0 spiro atoms. The van der Waals surface area contributed by atoms with Gasteiger partial charge in [0.2, 0.25) is 11.8 Å². The lowest BCUT2D eigenvalue weighted by Gasteiger charge is -2.62. The first-order valence-corrected chi connectivity index (χ1v) is 23.7. The molecule has 2 amide bonds. The molecule has 0 aliphatic heterocycles. The summed E-state index contributed by atoms with van der Waals surface area (Å²) in [5.41, 5.74) is 0.364. The van der Waals surface area contributed by atoms with Gasteiger partial charge in [0.15, 0.2) is 0 Å². The minimum Gasteiger partial charge on any atom is -0.480 e. The zero-order valence-corrected chi connectivity index (χ0v) is 36.2. The van der Waals surface area contributed by atoms with E-state index in [9.17, 15) is 29.7 Å². The number of fused-ring (bicyclic) bond motifs is 5. The molecule has 0 aromatic heterocycles. The highest BCUT2D eigenvalue weighted by atomic mass is 16.4. The number of unbranched alkanes of at least 4 members (excludes halogenated alkanes) is 12. The van der Waals surface area contributed by atoms with E-state index in [0.29, 0.717) is 74.2 Å². The van der Waals surface area contributed by atoms with Gasteiger partial charge in [-0.15, -0.1) is 0 Å². The van der Waals surface area contributed by atoms with Crippen LogP contribution in [0.25, 0.3) is 0 Å². The second-order valence-corrected chi connectivity index (χ2v) is 19.6. The first kappa shape index (κ1) is 46.8. The van der Waals surface area contributed by atoms with Crippen molar-refractivity contribution >= 4 is 17.8 Å². The zero-order valence-electron chi connectivity index (χ0n) is 36.2. The maximum absolute atomic E-state index is 13.0. The number of amides is 2. The Bertz CT molecular complexity index is 1220. The van der Waals surface area contributed by atoms with E-state index in [0.717, 1.165) is 77.0 Å². The van der Waals surface area contributed by atoms with Crippen LogP contribution in [0.1, 0.15) is 201 Å². The number of aliphatic hydroxyl groups excluding tert-OH is 2. The quantitative estimate of drug-likeness (QED) is 0.0438. The van der Waals surface area contributed by atoms with Gasteiger partial charge in [0.1, 0.15) is 6.04 Å². The zero-order chi connectivity index (χ0) is 40.6. The average molecular weight is 785 g/mol. The summed E-state index contributed by atoms with van der Waals surface area (Å²) >= 11 is 0. The molecule has 0 aromatic rings. The molecule has 322 valence electrons. The Labute approximate surface area is 341 Å². The summed E-state index contributed by atoms with van der Waals surface area (Å²) < 4.78 is 0. The molecule has 0 bridgehead atoms. The highest BCUT2D eigenvalue weighted by molar-refractivity contribution is 5.83. The second kappa shape index (κ2) is 23.6. The Morgan fingerprint density at radius 1 is 0.714 bits per heavy atom. The Kier molecular flexibility index (Phi) is 19.7. The van der Waals surface area contributed by atoms with E-state index in [-0.39, 0.29) is 34.9 Å². The maximum atomic E-state index is 13.0. The summed E-state index contributed by atoms with van der Waals surface area (Å²) in [6, 6.07) is -0.910. The number of nitrogens with one attached hydrogen (secondary N) is 2. The maximum Gasteiger partial charge on any atom is 0.326 e. The third-order valence-corrected chi connectivity index (χ3v) is 15.8. The van der Waals surface area contributed by atoms with Gasteiger partial charge in [-0.3, -0.25) is 9.59 Å². The summed E-state index contributed by atoms with van der Waals surface area (Å²) in [4.78, 5) is 37.4. The molecule has 4 aliphatic rings. The Morgan fingerprint density at radius 3 is 2.05 bits per heavy atom. The monoisotopic (exact) mass is 785 g/mol. The van der Waals surface area contributed by atoms with E-state index >= 15 is 0 Å². The fourth-order valence-corrected chi connectivity index (χ4v) is 12.4. The first-order chi connectivity index (χ1) is 26.9. The van der Waals surface area contributed by atoms with Crippen molar-refractivity contribution in [2.45, 2.75) is 219 Å². The van der Waals surface area contributed by atoms with Crippen molar-refractivity contribution in [2.75, 3.05) is 6.54 Å². The second-order valence-electron chi connectivity index (χ2n) is 19.6. The third-order valence-electron chi connectivity index (χ3n) is 15.8. The van der Waals surface area contributed by atoms with Gasteiger partial charge in [-0.25, -0.2) is 4.79 Å². The van der Waals surface area contributed by atoms with Crippen molar-refractivity contribution in [3.63, 3.8) is 0 Å². The molecule has 4 fully saturated rings. The fourth-order valence-electron chi connectivity index (χ4n) is 12.4. The van der Waals surface area contributed by atoms with Crippen molar-refractivity contribution in [1.29, 1.82) is 0 Å². The highest BCUT2D eigenvalue weighted by Crippen LogP contribution is 2.68. The fraction of sp³-hybridized carbons (Fsp3) is 0.896. The van der Waals surface area contributed by atoms with Gasteiger partial charge in [-0.2, -0.15) is 0 Å². The van der Waals surface area contributed by atoms with Crippen LogP contribution in [0.4, 0.5) is 0 Å². The predicted octanol–water partition coefficient (Wildman–Crippen LogP) is 10.3. The molecule has 4 rings (SSSR count). The molecule has 56 heavy (non-hydrogen) atoms. The number of allylic oxidation sites excluding steroid dienone is 2. The normalized spacial score (nSPS) is 32.3. The van der Waals surface area contributed by atoms with Gasteiger partial charge >= 0.3 is 5.97 Å². The Balaban J connectivity index is 1.05. The van der Waals surface area contributed by atoms with Gasteiger partial charge in [-0.05, 0) is 155 Å². The van der Waals surface area contributed by atoms with Gasteiger partial charge in [-0.1, -0.05) is 91.2 Å². The molecule has 8 heteroatoms. The summed E-state index contributed by atoms with van der Waals surface area (Å²) in [6.07, 6.45) is 31.7. The molecular formula is C48H84N2O6. The van der Waals surface area contributed by atoms with Crippen LogP contribution < -0.4 is 10.6 Å². The van der Waals surface area contributed by atoms with Gasteiger partial charge in [0.05, 0.1) is 12.2 Å². The Morgan fingerprint density at radius 2 is 1.36 bits per heavy atom. The summed E-state index contributed by atoms with van der Waals surface area (Å²) in [7, 11) is 0. The van der Waals surface area contributed by atoms with Crippen molar-refractivity contribution in [1.82, 2.24) is 10.6 Å². The van der Waals surface area contributed by atoms with Gasteiger partial charge < -0.3 is 26.0 Å². The van der Waals surface area contributed by atoms with Crippen LogP contribution in [0.3, 0.4) is 0 Å². The topological polar surface area (TPSA) is 136 Å². The number of carboxylic acid groups (broad SMARTS) is 1. The summed E-state index contributed by atoms with van der Waals surface area (Å²) in [5.74, 6) is 1.47. The van der Waals surface area contributed by atoms with E-state index < -0.39 is 12.0 Å². The smallest absolute Gasteiger partial charge is 0.326 e. The van der Waals surface area contributed by atoms with E-state index in [2.05, 4.69) is 50.5 Å². The van der Waals surface area contributed by atoms with Crippen LogP contribution in [0, 0.1) is 46.3 Å². The number of carbonyl (C=O) groups excluding carboxylic acids is 2. The predicted molar refractivity (Wildman–Crippen MR) is 227 cm³/mol. The van der Waals surface area contributed by atoms with Crippen LogP contribution in [0.5, 0.6) is 0 Å². The van der Waals surface area contributed by atoms with Crippen LogP contribution in [-0.2, 0) is 14.4 Å². The molecule has 4 saturated carbocycles. The number of aliphatic carboxylic acids is 1. The Hall–Kier alpha value is -1.93. The molecule has 0 radical (unpaired) electrons. The number of carbonyl (C=O) groups is 3. The van der Waals surface area contributed by atoms with Crippen LogP contribution in [-0.4, -0.2) is 57.9 Å². The van der Waals surface area contributed by atoms with Crippen molar-refractivity contribution in [2.24, 2.45) is 46.3 Å². The molecule has 0 saturated heterocycles. The average Bonchev–Trinajstić information content (AvgIpc) is 3.52. The minimum atomic E-state index is -1.00. The molecule has 2 unspecified atom stereocenters. The number of carboxylic acids is 1. The molecule has 8 nitrogen and oxygen atoms in total. The standard InChI is InChI=1S/C48H84N2O6/c1-5-6-7-8-9-10-11-12-13-14-15-16-17-18-19-23-43(53)49-32-21-20-22-41(46(55)56)50-44(54)27-24-35(2)38-25-26-39-45-40(29-31-48(38,39)4)47(3)30-28-37(51)33-36(47)34-42(45)52/h12-13,35-42,45,51-52H,5-11,14-34H2,1-4H3,(H,49,53)(H,50,54)(H,55,56)/t35-,36+,37-,38?,39+,40+,41?,42-,45+,47+,48-/m1/s1. The highest BCUT2D eigenvalue weighted by Gasteiger charge is 2.62. The number of rotatable bonds is 26. The van der Waals surface area contributed by atoms with E-state index in [1.165, 1.54) is 64.2 Å². The molecular weight excluding hydrogens is 701 g/mol. The number of aliphatic hydroxyl groups is 2. The van der Waals surface area contributed by atoms with Gasteiger partial charge in [0, 0.05) is 19.4 Å². The lowest BCUT2D eigenvalue weighted by Crippen LogP contribution is -2.58. The van der Waals surface area contributed by atoms with Crippen molar-refractivity contribution < 1.29 is 29.7 Å². The lowest BCUT2D eigenvalue weighted by molar-refractivity contribution is -0.174. The molecule has 0 aromatic carbocycles.